The standard InChI is InChI=1S/C15H17NO2/c1-15(2,3)12-9-7-5-6-8-10(9)13(17)11(12)14(18)16-4/h5-8H,1-4H3,(H,16,18). The third-order valence-electron chi connectivity index (χ3n) is 3.12. The molecule has 0 saturated heterocycles. The van der Waals surface area contributed by atoms with E-state index in [1.165, 1.54) is 0 Å². The summed E-state index contributed by atoms with van der Waals surface area (Å²) in [6, 6.07) is 7.40. The van der Waals surface area contributed by atoms with Gasteiger partial charge in [0.15, 0.2) is 5.78 Å². The molecule has 1 aliphatic rings. The molecule has 0 spiro atoms. The number of carbonyl (C=O) groups is 2. The van der Waals surface area contributed by atoms with E-state index in [-0.39, 0.29) is 22.7 Å². The lowest BCUT2D eigenvalue weighted by molar-refractivity contribution is -0.116. The lowest BCUT2D eigenvalue weighted by Gasteiger charge is -2.22. The van der Waals surface area contributed by atoms with Crippen LogP contribution in [0, 0.1) is 5.41 Å². The van der Waals surface area contributed by atoms with Crippen LogP contribution in [0.4, 0.5) is 0 Å². The fourth-order valence-electron chi connectivity index (χ4n) is 2.40. The molecule has 0 aromatic heterocycles. The minimum Gasteiger partial charge on any atom is -0.355 e. The molecular weight excluding hydrogens is 226 g/mol. The Kier molecular flexibility index (Phi) is 2.85. The normalized spacial score (nSPS) is 14.8. The van der Waals surface area contributed by atoms with Crippen molar-refractivity contribution in [2.45, 2.75) is 20.8 Å². The third kappa shape index (κ3) is 1.76. The molecule has 0 heterocycles. The first-order valence-electron chi connectivity index (χ1n) is 5.99. The van der Waals surface area contributed by atoms with E-state index < -0.39 is 0 Å². The van der Waals surface area contributed by atoms with E-state index in [4.69, 9.17) is 0 Å². The number of hydrogen-bond donors (Lipinski definition) is 1. The van der Waals surface area contributed by atoms with E-state index in [9.17, 15) is 9.59 Å². The molecule has 18 heavy (non-hydrogen) atoms. The van der Waals surface area contributed by atoms with Gasteiger partial charge in [-0.3, -0.25) is 9.59 Å². The number of benzene rings is 1. The predicted molar refractivity (Wildman–Crippen MR) is 71.2 cm³/mol. The van der Waals surface area contributed by atoms with Gasteiger partial charge < -0.3 is 5.32 Å². The molecule has 1 aromatic rings. The number of rotatable bonds is 1. The highest BCUT2D eigenvalue weighted by Crippen LogP contribution is 2.43. The topological polar surface area (TPSA) is 46.2 Å². The highest BCUT2D eigenvalue weighted by atomic mass is 16.2. The van der Waals surface area contributed by atoms with Crippen LogP contribution < -0.4 is 5.32 Å². The molecule has 0 unspecified atom stereocenters. The average molecular weight is 243 g/mol. The van der Waals surface area contributed by atoms with Gasteiger partial charge in [-0.1, -0.05) is 45.0 Å². The molecule has 1 amide bonds. The average Bonchev–Trinajstić information content (AvgIpc) is 2.62. The van der Waals surface area contributed by atoms with E-state index in [0.29, 0.717) is 5.56 Å². The van der Waals surface area contributed by atoms with Gasteiger partial charge in [0, 0.05) is 12.6 Å². The van der Waals surface area contributed by atoms with Crippen molar-refractivity contribution in [3.63, 3.8) is 0 Å². The van der Waals surface area contributed by atoms with Crippen LogP contribution in [0.2, 0.25) is 0 Å². The van der Waals surface area contributed by atoms with Gasteiger partial charge in [-0.05, 0) is 16.6 Å². The number of Topliss-reactive ketones (excluding diaryl/α,β-unsaturated/α-hetero) is 1. The Hall–Kier alpha value is -1.90. The van der Waals surface area contributed by atoms with Gasteiger partial charge in [-0.15, -0.1) is 0 Å². The number of fused-ring (bicyclic) bond motifs is 1. The van der Waals surface area contributed by atoms with Gasteiger partial charge in [0.1, 0.15) is 0 Å². The molecule has 1 aromatic carbocycles. The van der Waals surface area contributed by atoms with E-state index in [1.54, 1.807) is 13.1 Å². The van der Waals surface area contributed by atoms with Gasteiger partial charge in [0.25, 0.3) is 5.91 Å². The Bertz CT molecular complexity index is 562. The fraction of sp³-hybridized carbons (Fsp3) is 0.333. The number of amides is 1. The molecule has 0 atom stereocenters. The van der Waals surface area contributed by atoms with E-state index in [2.05, 4.69) is 5.32 Å². The molecule has 0 fully saturated rings. The molecule has 0 aliphatic heterocycles. The number of carbonyl (C=O) groups excluding carboxylic acids is 2. The van der Waals surface area contributed by atoms with Crippen LogP contribution in [0.5, 0.6) is 0 Å². The van der Waals surface area contributed by atoms with Crippen molar-refractivity contribution in [2.75, 3.05) is 7.05 Å². The summed E-state index contributed by atoms with van der Waals surface area (Å²) < 4.78 is 0. The minimum atomic E-state index is -0.305. The quantitative estimate of drug-likeness (QED) is 0.770. The summed E-state index contributed by atoms with van der Waals surface area (Å²) in [6.45, 7) is 6.04. The van der Waals surface area contributed by atoms with Crippen molar-refractivity contribution >= 4 is 17.3 Å². The fourth-order valence-corrected chi connectivity index (χ4v) is 2.40. The van der Waals surface area contributed by atoms with Gasteiger partial charge in [0.2, 0.25) is 0 Å². The van der Waals surface area contributed by atoms with Crippen LogP contribution in [0.3, 0.4) is 0 Å². The second-order valence-electron chi connectivity index (χ2n) is 5.45. The molecule has 0 radical (unpaired) electrons. The Morgan fingerprint density at radius 3 is 2.17 bits per heavy atom. The maximum absolute atomic E-state index is 12.3. The van der Waals surface area contributed by atoms with E-state index in [0.717, 1.165) is 11.1 Å². The van der Waals surface area contributed by atoms with Crippen molar-refractivity contribution in [1.82, 2.24) is 5.32 Å². The Labute approximate surface area is 107 Å². The maximum atomic E-state index is 12.3. The van der Waals surface area contributed by atoms with E-state index in [1.807, 2.05) is 39.0 Å². The van der Waals surface area contributed by atoms with Crippen LogP contribution in [0.15, 0.2) is 29.8 Å². The highest BCUT2D eigenvalue weighted by molar-refractivity contribution is 6.34. The molecular formula is C15H17NO2. The molecule has 94 valence electrons. The first-order chi connectivity index (χ1) is 8.38. The zero-order chi connectivity index (χ0) is 13.5. The summed E-state index contributed by atoms with van der Waals surface area (Å²) >= 11 is 0. The summed E-state index contributed by atoms with van der Waals surface area (Å²) in [5.41, 5.74) is 2.38. The Morgan fingerprint density at radius 1 is 1.11 bits per heavy atom. The molecule has 0 bridgehead atoms. The first kappa shape index (κ1) is 12.6. The van der Waals surface area contributed by atoms with Crippen molar-refractivity contribution in [3.8, 4) is 0 Å². The summed E-state index contributed by atoms with van der Waals surface area (Å²) in [6.07, 6.45) is 0. The maximum Gasteiger partial charge on any atom is 0.255 e. The third-order valence-corrected chi connectivity index (χ3v) is 3.12. The summed E-state index contributed by atoms with van der Waals surface area (Å²) in [4.78, 5) is 24.3. The second kappa shape index (κ2) is 4.09. The minimum absolute atomic E-state index is 0.171. The summed E-state index contributed by atoms with van der Waals surface area (Å²) in [5, 5.41) is 2.56. The Balaban J connectivity index is 2.74. The summed E-state index contributed by atoms with van der Waals surface area (Å²) in [5.74, 6) is -0.476. The number of allylic oxidation sites excluding steroid dienone is 1. The molecule has 3 nitrogen and oxygen atoms in total. The van der Waals surface area contributed by atoms with Crippen molar-refractivity contribution < 1.29 is 9.59 Å². The largest absolute Gasteiger partial charge is 0.355 e. The highest BCUT2D eigenvalue weighted by Gasteiger charge is 2.38. The number of ketones is 1. The molecule has 1 N–H and O–H groups in total. The smallest absolute Gasteiger partial charge is 0.255 e. The number of hydrogen-bond acceptors (Lipinski definition) is 2. The number of nitrogens with one attached hydrogen (secondary N) is 1. The van der Waals surface area contributed by atoms with Crippen molar-refractivity contribution in [2.24, 2.45) is 5.41 Å². The molecule has 0 saturated carbocycles. The second-order valence-corrected chi connectivity index (χ2v) is 5.45. The Morgan fingerprint density at radius 2 is 1.67 bits per heavy atom. The van der Waals surface area contributed by atoms with Gasteiger partial charge in [0.05, 0.1) is 5.57 Å². The van der Waals surface area contributed by atoms with Crippen LogP contribution in [0.1, 0.15) is 36.7 Å². The first-order valence-corrected chi connectivity index (χ1v) is 5.99. The lowest BCUT2D eigenvalue weighted by Crippen LogP contribution is -2.25. The van der Waals surface area contributed by atoms with E-state index >= 15 is 0 Å². The predicted octanol–water partition coefficient (Wildman–Crippen LogP) is 2.43. The van der Waals surface area contributed by atoms with Crippen LogP contribution in [-0.4, -0.2) is 18.7 Å². The zero-order valence-corrected chi connectivity index (χ0v) is 11.1. The van der Waals surface area contributed by atoms with Crippen LogP contribution in [-0.2, 0) is 4.79 Å². The number of likely N-dealkylation sites (N-methyl/N-ethyl adjacent to an activating group) is 1. The zero-order valence-electron chi connectivity index (χ0n) is 11.1. The van der Waals surface area contributed by atoms with Gasteiger partial charge >= 0.3 is 0 Å². The lowest BCUT2D eigenvalue weighted by atomic mass is 9.81. The van der Waals surface area contributed by atoms with Gasteiger partial charge in [-0.25, -0.2) is 0 Å². The molecule has 3 heteroatoms. The monoisotopic (exact) mass is 243 g/mol. The molecule has 1 aliphatic carbocycles. The molecule has 2 rings (SSSR count). The van der Waals surface area contributed by atoms with Gasteiger partial charge in [-0.2, -0.15) is 0 Å². The summed E-state index contributed by atoms with van der Waals surface area (Å²) in [7, 11) is 1.55. The van der Waals surface area contributed by atoms with Crippen LogP contribution >= 0.6 is 0 Å². The van der Waals surface area contributed by atoms with Crippen LogP contribution in [0.25, 0.3) is 5.57 Å². The van der Waals surface area contributed by atoms with Crippen molar-refractivity contribution in [1.29, 1.82) is 0 Å². The SMILES string of the molecule is CNC(=O)C1=C(C(C)(C)C)c2ccccc2C1=O. The van der Waals surface area contributed by atoms with Crippen molar-refractivity contribution in [3.05, 3.63) is 41.0 Å².